The van der Waals surface area contributed by atoms with E-state index < -0.39 is 0 Å². The van der Waals surface area contributed by atoms with Crippen molar-refractivity contribution >= 4 is 21.7 Å². The van der Waals surface area contributed by atoms with Crippen molar-refractivity contribution in [3.05, 3.63) is 64.1 Å². The van der Waals surface area contributed by atoms with E-state index in [-0.39, 0.29) is 5.78 Å². The quantitative estimate of drug-likeness (QED) is 0.769. The van der Waals surface area contributed by atoms with E-state index in [1.165, 1.54) is 0 Å². The highest BCUT2D eigenvalue weighted by atomic mass is 79.9. The molecule has 0 unspecified atom stereocenters. The second kappa shape index (κ2) is 6.53. The molecule has 0 saturated carbocycles. The molecule has 0 bridgehead atoms. The highest BCUT2D eigenvalue weighted by Gasteiger charge is 2.08. The number of Topliss-reactive ketones (excluding diaryl/α,β-unsaturated/α-hetero) is 1. The summed E-state index contributed by atoms with van der Waals surface area (Å²) in [6.45, 7) is 2.53. The number of ketones is 1. The molecule has 2 rings (SSSR count). The molecule has 0 aliphatic rings. The van der Waals surface area contributed by atoms with Gasteiger partial charge in [0.25, 0.3) is 0 Å². The van der Waals surface area contributed by atoms with Gasteiger partial charge < -0.3 is 4.74 Å². The first kappa shape index (κ1) is 13.8. The van der Waals surface area contributed by atoms with Gasteiger partial charge in [-0.05, 0) is 36.8 Å². The average molecular weight is 319 g/mol. The maximum Gasteiger partial charge on any atom is 0.167 e. The molecule has 0 aliphatic carbocycles. The van der Waals surface area contributed by atoms with E-state index in [4.69, 9.17) is 4.74 Å². The van der Waals surface area contributed by atoms with Crippen molar-refractivity contribution in [2.75, 3.05) is 6.61 Å². The third-order valence-corrected chi connectivity index (χ3v) is 3.27. The number of benzene rings is 2. The zero-order chi connectivity index (χ0) is 13.7. The van der Waals surface area contributed by atoms with Gasteiger partial charge in [0.05, 0.1) is 6.61 Å². The van der Waals surface area contributed by atoms with Crippen LogP contribution < -0.4 is 4.74 Å². The summed E-state index contributed by atoms with van der Waals surface area (Å²) in [5, 5.41) is 0. The summed E-state index contributed by atoms with van der Waals surface area (Å²) in [5.41, 5.74) is 1.70. The van der Waals surface area contributed by atoms with Crippen molar-refractivity contribution in [3.8, 4) is 5.75 Å². The maximum atomic E-state index is 12.2. The van der Waals surface area contributed by atoms with Crippen LogP contribution in [0.1, 0.15) is 22.8 Å². The molecule has 0 atom stereocenters. The minimum atomic E-state index is 0.101. The Morgan fingerprint density at radius 2 is 1.89 bits per heavy atom. The minimum Gasteiger partial charge on any atom is -0.494 e. The molecule has 0 spiro atoms. The summed E-state index contributed by atoms with van der Waals surface area (Å²) in [5.74, 6) is 0.841. The van der Waals surface area contributed by atoms with E-state index in [0.29, 0.717) is 18.6 Å². The van der Waals surface area contributed by atoms with E-state index in [2.05, 4.69) is 15.9 Å². The molecule has 0 fully saturated rings. The zero-order valence-corrected chi connectivity index (χ0v) is 12.3. The lowest BCUT2D eigenvalue weighted by Gasteiger charge is -2.06. The lowest BCUT2D eigenvalue weighted by Crippen LogP contribution is -2.04. The Kier molecular flexibility index (Phi) is 4.74. The second-order valence-electron chi connectivity index (χ2n) is 4.19. The Bertz CT molecular complexity index is 561. The van der Waals surface area contributed by atoms with E-state index in [9.17, 15) is 4.79 Å². The number of carbonyl (C=O) groups excluding carboxylic acids is 1. The highest BCUT2D eigenvalue weighted by Crippen LogP contribution is 2.16. The fraction of sp³-hybridized carbons (Fsp3) is 0.188. The molecule has 0 radical (unpaired) electrons. The number of ether oxygens (including phenoxy) is 1. The molecule has 2 aromatic carbocycles. The predicted molar refractivity (Wildman–Crippen MR) is 79.8 cm³/mol. The number of rotatable bonds is 5. The molecule has 0 saturated heterocycles. The predicted octanol–water partition coefficient (Wildman–Crippen LogP) is 4.27. The third kappa shape index (κ3) is 3.93. The Hall–Kier alpha value is -1.61. The van der Waals surface area contributed by atoms with Gasteiger partial charge in [-0.3, -0.25) is 4.79 Å². The molecule has 19 heavy (non-hydrogen) atoms. The monoisotopic (exact) mass is 318 g/mol. The number of halogens is 1. The first-order valence-corrected chi connectivity index (χ1v) is 6.99. The van der Waals surface area contributed by atoms with E-state index in [1.54, 1.807) is 6.07 Å². The molecular formula is C16H15BrO2. The van der Waals surface area contributed by atoms with Crippen molar-refractivity contribution in [1.82, 2.24) is 0 Å². The van der Waals surface area contributed by atoms with Crippen molar-refractivity contribution in [3.63, 3.8) is 0 Å². The maximum absolute atomic E-state index is 12.2. The van der Waals surface area contributed by atoms with Crippen molar-refractivity contribution in [1.29, 1.82) is 0 Å². The molecule has 2 nitrogen and oxygen atoms in total. The smallest absolute Gasteiger partial charge is 0.167 e. The van der Waals surface area contributed by atoms with Gasteiger partial charge in [0.15, 0.2) is 5.78 Å². The SMILES string of the molecule is CCOc1cccc(C(=O)Cc2ccc(Br)cc2)c1. The lowest BCUT2D eigenvalue weighted by molar-refractivity contribution is 0.0992. The number of carbonyl (C=O) groups is 1. The Morgan fingerprint density at radius 3 is 2.58 bits per heavy atom. The number of hydrogen-bond donors (Lipinski definition) is 0. The summed E-state index contributed by atoms with van der Waals surface area (Å²) in [4.78, 5) is 12.2. The third-order valence-electron chi connectivity index (χ3n) is 2.74. The van der Waals surface area contributed by atoms with Crippen LogP contribution in [0.15, 0.2) is 53.0 Å². The van der Waals surface area contributed by atoms with Gasteiger partial charge in [-0.15, -0.1) is 0 Å². The standard InChI is InChI=1S/C16H15BrO2/c1-2-19-15-5-3-4-13(11-15)16(18)10-12-6-8-14(17)9-7-12/h3-9,11H,2,10H2,1H3. The molecule has 0 aromatic heterocycles. The van der Waals surface area contributed by atoms with Crippen LogP contribution in [-0.4, -0.2) is 12.4 Å². The molecular weight excluding hydrogens is 304 g/mol. The first-order valence-electron chi connectivity index (χ1n) is 6.19. The molecule has 3 heteroatoms. The molecule has 2 aromatic rings. The van der Waals surface area contributed by atoms with Crippen LogP contribution in [0, 0.1) is 0 Å². The van der Waals surface area contributed by atoms with Gasteiger partial charge in [0, 0.05) is 16.5 Å². The second-order valence-corrected chi connectivity index (χ2v) is 5.10. The van der Waals surface area contributed by atoms with Crippen molar-refractivity contribution in [2.45, 2.75) is 13.3 Å². The van der Waals surface area contributed by atoms with Crippen LogP contribution in [0.4, 0.5) is 0 Å². The van der Waals surface area contributed by atoms with Gasteiger partial charge >= 0.3 is 0 Å². The molecule has 0 heterocycles. The molecule has 0 aliphatic heterocycles. The largest absolute Gasteiger partial charge is 0.494 e. The topological polar surface area (TPSA) is 26.3 Å². The molecule has 0 N–H and O–H groups in total. The van der Waals surface area contributed by atoms with Crippen LogP contribution in [0.2, 0.25) is 0 Å². The normalized spacial score (nSPS) is 10.2. The summed E-state index contributed by atoms with van der Waals surface area (Å²) in [6.07, 6.45) is 0.406. The zero-order valence-electron chi connectivity index (χ0n) is 10.7. The lowest BCUT2D eigenvalue weighted by atomic mass is 10.0. The van der Waals surface area contributed by atoms with Crippen LogP contribution >= 0.6 is 15.9 Å². The van der Waals surface area contributed by atoms with Crippen LogP contribution in [-0.2, 0) is 6.42 Å². The minimum absolute atomic E-state index is 0.101. The van der Waals surface area contributed by atoms with Gasteiger partial charge in [0.2, 0.25) is 0 Å². The average Bonchev–Trinajstić information content (AvgIpc) is 2.42. The Labute approximate surface area is 121 Å². The summed E-state index contributed by atoms with van der Waals surface area (Å²) in [7, 11) is 0. The van der Waals surface area contributed by atoms with Crippen LogP contribution in [0.3, 0.4) is 0 Å². The van der Waals surface area contributed by atoms with Gasteiger partial charge in [0.1, 0.15) is 5.75 Å². The fourth-order valence-electron chi connectivity index (χ4n) is 1.82. The summed E-state index contributed by atoms with van der Waals surface area (Å²) in [6, 6.07) is 15.1. The highest BCUT2D eigenvalue weighted by molar-refractivity contribution is 9.10. The van der Waals surface area contributed by atoms with E-state index in [1.807, 2.05) is 49.4 Å². The Balaban J connectivity index is 2.11. The summed E-state index contributed by atoms with van der Waals surface area (Å²) >= 11 is 3.38. The van der Waals surface area contributed by atoms with Crippen LogP contribution in [0.5, 0.6) is 5.75 Å². The van der Waals surface area contributed by atoms with Crippen molar-refractivity contribution in [2.24, 2.45) is 0 Å². The van der Waals surface area contributed by atoms with Gasteiger partial charge in [-0.1, -0.05) is 40.2 Å². The van der Waals surface area contributed by atoms with E-state index >= 15 is 0 Å². The Morgan fingerprint density at radius 1 is 1.16 bits per heavy atom. The summed E-state index contributed by atoms with van der Waals surface area (Å²) < 4.78 is 6.42. The fourth-order valence-corrected chi connectivity index (χ4v) is 2.08. The number of hydrogen-bond acceptors (Lipinski definition) is 2. The van der Waals surface area contributed by atoms with Gasteiger partial charge in [-0.2, -0.15) is 0 Å². The molecule has 0 amide bonds. The molecule has 98 valence electrons. The first-order chi connectivity index (χ1) is 9.19. The van der Waals surface area contributed by atoms with Gasteiger partial charge in [-0.25, -0.2) is 0 Å². The van der Waals surface area contributed by atoms with Crippen molar-refractivity contribution < 1.29 is 9.53 Å². The van der Waals surface area contributed by atoms with E-state index in [0.717, 1.165) is 15.8 Å². The van der Waals surface area contributed by atoms with Crippen LogP contribution in [0.25, 0.3) is 0 Å².